The number of benzene rings is 2. The molecule has 1 aliphatic heterocycles. The van der Waals surface area contributed by atoms with E-state index in [2.05, 4.69) is 0 Å². The van der Waals surface area contributed by atoms with Gasteiger partial charge in [-0.15, -0.1) is 0 Å². The topological polar surface area (TPSA) is 63.7 Å². The SMILES string of the molecule is O=C(OCc1cccc(C(F)(F)F)c1)c1cccc(S(=O)(=O)N2CCCCC2)c1. The molecule has 1 fully saturated rings. The average molecular weight is 427 g/mol. The summed E-state index contributed by atoms with van der Waals surface area (Å²) in [5, 5.41) is 0. The number of carbonyl (C=O) groups is 1. The Balaban J connectivity index is 1.71. The number of carbonyl (C=O) groups excluding carboxylic acids is 1. The Morgan fingerprint density at radius 2 is 1.69 bits per heavy atom. The van der Waals surface area contributed by atoms with Crippen molar-refractivity contribution in [2.24, 2.45) is 0 Å². The predicted molar refractivity (Wildman–Crippen MR) is 99.6 cm³/mol. The highest BCUT2D eigenvalue weighted by molar-refractivity contribution is 7.89. The van der Waals surface area contributed by atoms with Gasteiger partial charge in [-0.05, 0) is 48.7 Å². The van der Waals surface area contributed by atoms with Gasteiger partial charge in [0.1, 0.15) is 6.61 Å². The van der Waals surface area contributed by atoms with Crippen molar-refractivity contribution in [1.29, 1.82) is 0 Å². The van der Waals surface area contributed by atoms with E-state index in [4.69, 9.17) is 4.74 Å². The van der Waals surface area contributed by atoms with Gasteiger partial charge in [0.05, 0.1) is 16.0 Å². The van der Waals surface area contributed by atoms with Crippen LogP contribution in [-0.4, -0.2) is 31.8 Å². The van der Waals surface area contributed by atoms with E-state index in [1.807, 2.05) is 0 Å². The third-order valence-corrected chi connectivity index (χ3v) is 6.54. The number of hydrogen-bond acceptors (Lipinski definition) is 4. The summed E-state index contributed by atoms with van der Waals surface area (Å²) >= 11 is 0. The second-order valence-corrected chi connectivity index (χ2v) is 8.70. The number of esters is 1. The fourth-order valence-electron chi connectivity index (χ4n) is 3.11. The van der Waals surface area contributed by atoms with Crippen LogP contribution >= 0.6 is 0 Å². The lowest BCUT2D eigenvalue weighted by Gasteiger charge is -2.25. The monoisotopic (exact) mass is 427 g/mol. The Labute approximate surface area is 167 Å². The molecule has 0 amide bonds. The van der Waals surface area contributed by atoms with Crippen molar-refractivity contribution in [2.75, 3.05) is 13.1 Å². The maximum Gasteiger partial charge on any atom is 0.416 e. The molecular weight excluding hydrogens is 407 g/mol. The van der Waals surface area contributed by atoms with Gasteiger partial charge in [-0.3, -0.25) is 0 Å². The van der Waals surface area contributed by atoms with E-state index in [0.29, 0.717) is 13.1 Å². The first-order valence-electron chi connectivity index (χ1n) is 9.11. The molecule has 0 saturated carbocycles. The van der Waals surface area contributed by atoms with Crippen molar-refractivity contribution >= 4 is 16.0 Å². The second kappa shape index (κ2) is 8.54. The van der Waals surface area contributed by atoms with Crippen LogP contribution in [0.1, 0.15) is 40.7 Å². The first-order chi connectivity index (χ1) is 13.7. The van der Waals surface area contributed by atoms with E-state index >= 15 is 0 Å². The molecule has 2 aromatic carbocycles. The van der Waals surface area contributed by atoms with Crippen molar-refractivity contribution in [3.8, 4) is 0 Å². The summed E-state index contributed by atoms with van der Waals surface area (Å²) in [7, 11) is -3.71. The molecule has 29 heavy (non-hydrogen) atoms. The van der Waals surface area contributed by atoms with Crippen LogP contribution in [0.4, 0.5) is 13.2 Å². The molecule has 0 aliphatic carbocycles. The van der Waals surface area contributed by atoms with Gasteiger partial charge in [0.25, 0.3) is 0 Å². The van der Waals surface area contributed by atoms with Gasteiger partial charge >= 0.3 is 12.1 Å². The zero-order valence-corrected chi connectivity index (χ0v) is 16.3. The number of piperidine rings is 1. The standard InChI is InChI=1S/C20H20F3NO4S/c21-20(22,23)17-8-4-6-15(12-17)14-28-19(25)16-7-5-9-18(13-16)29(26,27)24-10-2-1-3-11-24/h4-9,12-13H,1-3,10-11,14H2. The molecule has 0 bridgehead atoms. The first-order valence-corrected chi connectivity index (χ1v) is 10.6. The van der Waals surface area contributed by atoms with E-state index in [1.54, 1.807) is 0 Å². The summed E-state index contributed by atoms with van der Waals surface area (Å²) in [6.07, 6.45) is -1.93. The quantitative estimate of drug-likeness (QED) is 0.670. The van der Waals surface area contributed by atoms with Crippen molar-refractivity contribution < 1.29 is 31.1 Å². The van der Waals surface area contributed by atoms with Gasteiger partial charge in [0.15, 0.2) is 0 Å². The minimum atomic E-state index is -4.49. The number of nitrogens with zero attached hydrogens (tertiary/aromatic N) is 1. The number of rotatable bonds is 5. The fraction of sp³-hybridized carbons (Fsp3) is 0.350. The number of halogens is 3. The number of alkyl halides is 3. The molecule has 1 heterocycles. The Morgan fingerprint density at radius 3 is 2.38 bits per heavy atom. The van der Waals surface area contributed by atoms with E-state index in [-0.39, 0.29) is 22.6 Å². The number of ether oxygens (including phenoxy) is 1. The minimum absolute atomic E-state index is 0.00656. The smallest absolute Gasteiger partial charge is 0.416 e. The van der Waals surface area contributed by atoms with Crippen LogP contribution in [0.5, 0.6) is 0 Å². The van der Waals surface area contributed by atoms with E-state index in [9.17, 15) is 26.4 Å². The highest BCUT2D eigenvalue weighted by Crippen LogP contribution is 2.29. The van der Waals surface area contributed by atoms with E-state index in [1.165, 1.54) is 40.7 Å². The van der Waals surface area contributed by atoms with Crippen LogP contribution in [0.3, 0.4) is 0 Å². The van der Waals surface area contributed by atoms with Crippen molar-refractivity contribution in [1.82, 2.24) is 4.31 Å². The highest BCUT2D eigenvalue weighted by Gasteiger charge is 2.30. The third-order valence-electron chi connectivity index (χ3n) is 4.65. The summed E-state index contributed by atoms with van der Waals surface area (Å²) in [5.41, 5.74) is -0.624. The molecule has 0 atom stereocenters. The third kappa shape index (κ3) is 5.16. The predicted octanol–water partition coefficient (Wildman–Crippen LogP) is 4.24. The lowest BCUT2D eigenvalue weighted by atomic mass is 10.1. The minimum Gasteiger partial charge on any atom is -0.457 e. The van der Waals surface area contributed by atoms with Gasteiger partial charge in [0, 0.05) is 13.1 Å². The van der Waals surface area contributed by atoms with Crippen LogP contribution in [-0.2, 0) is 27.5 Å². The van der Waals surface area contributed by atoms with Gasteiger partial charge in [-0.2, -0.15) is 17.5 Å². The molecule has 0 N–H and O–H groups in total. The molecule has 0 unspecified atom stereocenters. The lowest BCUT2D eigenvalue weighted by molar-refractivity contribution is -0.137. The van der Waals surface area contributed by atoms with Crippen LogP contribution < -0.4 is 0 Å². The van der Waals surface area contributed by atoms with Gasteiger partial charge in [-0.1, -0.05) is 24.6 Å². The summed E-state index contributed by atoms with van der Waals surface area (Å²) in [6, 6.07) is 9.98. The molecular formula is C20H20F3NO4S. The maximum atomic E-state index is 12.8. The van der Waals surface area contributed by atoms with Crippen molar-refractivity contribution in [2.45, 2.75) is 36.9 Å². The maximum absolute atomic E-state index is 12.8. The normalized spacial score (nSPS) is 15.8. The first kappa shape index (κ1) is 21.3. The van der Waals surface area contributed by atoms with Gasteiger partial charge in [0.2, 0.25) is 10.0 Å². The van der Waals surface area contributed by atoms with E-state index in [0.717, 1.165) is 31.4 Å². The molecule has 9 heteroatoms. The zero-order valence-electron chi connectivity index (χ0n) is 15.5. The molecule has 5 nitrogen and oxygen atoms in total. The molecule has 2 aromatic rings. The van der Waals surface area contributed by atoms with Crippen LogP contribution in [0.2, 0.25) is 0 Å². The van der Waals surface area contributed by atoms with Gasteiger partial charge in [-0.25, -0.2) is 13.2 Å². The Kier molecular flexibility index (Phi) is 6.28. The summed E-state index contributed by atoms with van der Waals surface area (Å²) in [6.45, 7) is 0.519. The summed E-state index contributed by atoms with van der Waals surface area (Å²) in [4.78, 5) is 12.3. The Bertz CT molecular complexity index is 983. The summed E-state index contributed by atoms with van der Waals surface area (Å²) in [5.74, 6) is -0.807. The molecule has 0 spiro atoms. The fourth-order valence-corrected chi connectivity index (χ4v) is 4.67. The Morgan fingerprint density at radius 1 is 1.00 bits per heavy atom. The molecule has 1 saturated heterocycles. The van der Waals surface area contributed by atoms with E-state index < -0.39 is 27.7 Å². The van der Waals surface area contributed by atoms with Gasteiger partial charge < -0.3 is 4.74 Å². The molecule has 0 radical (unpaired) electrons. The van der Waals surface area contributed by atoms with Crippen LogP contribution in [0.15, 0.2) is 53.4 Å². The second-order valence-electron chi connectivity index (χ2n) is 6.77. The van der Waals surface area contributed by atoms with Crippen molar-refractivity contribution in [3.63, 3.8) is 0 Å². The summed E-state index contributed by atoms with van der Waals surface area (Å²) < 4.78 is 70.3. The largest absolute Gasteiger partial charge is 0.457 e. The van der Waals surface area contributed by atoms with Crippen molar-refractivity contribution in [3.05, 3.63) is 65.2 Å². The lowest BCUT2D eigenvalue weighted by Crippen LogP contribution is -2.35. The number of sulfonamides is 1. The molecule has 1 aliphatic rings. The molecule has 156 valence electrons. The molecule has 0 aromatic heterocycles. The van der Waals surface area contributed by atoms with Crippen LogP contribution in [0.25, 0.3) is 0 Å². The van der Waals surface area contributed by atoms with Crippen LogP contribution in [0, 0.1) is 0 Å². The molecule has 3 rings (SSSR count). The zero-order chi connectivity index (χ0) is 21.1. The number of hydrogen-bond donors (Lipinski definition) is 0. The average Bonchev–Trinajstić information content (AvgIpc) is 2.72. The highest BCUT2D eigenvalue weighted by atomic mass is 32.2. The Hall–Kier alpha value is -2.39.